The Bertz CT molecular complexity index is 737. The molecule has 1 fully saturated rings. The molecule has 1 aromatic carbocycles. The summed E-state index contributed by atoms with van der Waals surface area (Å²) in [6, 6.07) is 7.80. The molecule has 1 heterocycles. The van der Waals surface area contributed by atoms with Crippen LogP contribution in [0.25, 0.3) is 0 Å². The molecule has 0 spiro atoms. The Balaban J connectivity index is 1.56. The Labute approximate surface area is 155 Å². The SMILES string of the molecule is CC1=CC(C)=C(CCC(=O)c2ccc(CC3CNCCO3)cc2)C(=O)C1. The number of carbonyl (C=O) groups is 2. The summed E-state index contributed by atoms with van der Waals surface area (Å²) in [6.07, 6.45) is 4.49. The van der Waals surface area contributed by atoms with Crippen LogP contribution in [0.4, 0.5) is 0 Å². The van der Waals surface area contributed by atoms with Gasteiger partial charge in [-0.2, -0.15) is 0 Å². The van der Waals surface area contributed by atoms with E-state index in [4.69, 9.17) is 4.74 Å². The molecule has 3 rings (SSSR count). The summed E-state index contributed by atoms with van der Waals surface area (Å²) in [5, 5.41) is 3.33. The molecule has 1 N–H and O–H groups in total. The Hall–Kier alpha value is -2.04. The van der Waals surface area contributed by atoms with E-state index in [1.165, 1.54) is 5.56 Å². The second-order valence-corrected chi connectivity index (χ2v) is 7.27. The van der Waals surface area contributed by atoms with Gasteiger partial charge >= 0.3 is 0 Å². The minimum absolute atomic E-state index is 0.0894. The molecule has 0 saturated carbocycles. The van der Waals surface area contributed by atoms with Crippen molar-refractivity contribution < 1.29 is 14.3 Å². The number of morpholine rings is 1. The van der Waals surface area contributed by atoms with E-state index in [0.29, 0.717) is 24.8 Å². The zero-order valence-corrected chi connectivity index (χ0v) is 15.6. The van der Waals surface area contributed by atoms with Gasteiger partial charge in [-0.25, -0.2) is 0 Å². The molecule has 138 valence electrons. The molecule has 2 aliphatic rings. The van der Waals surface area contributed by atoms with Crippen LogP contribution < -0.4 is 5.32 Å². The van der Waals surface area contributed by atoms with Crippen molar-refractivity contribution in [2.24, 2.45) is 0 Å². The van der Waals surface area contributed by atoms with Crippen molar-refractivity contribution in [2.75, 3.05) is 19.7 Å². The first kappa shape index (κ1) is 18.7. The van der Waals surface area contributed by atoms with Gasteiger partial charge in [-0.05, 0) is 43.4 Å². The van der Waals surface area contributed by atoms with Crippen LogP contribution in [0.3, 0.4) is 0 Å². The summed E-state index contributed by atoms with van der Waals surface area (Å²) in [6.45, 7) is 6.47. The first-order valence-corrected chi connectivity index (χ1v) is 9.37. The second-order valence-electron chi connectivity index (χ2n) is 7.27. The van der Waals surface area contributed by atoms with Gasteiger partial charge in [-0.15, -0.1) is 0 Å². The average Bonchev–Trinajstić information content (AvgIpc) is 2.62. The standard InChI is InChI=1S/C22H27NO3/c1-15-11-16(2)20(22(25)12-15)7-8-21(24)18-5-3-17(4-6-18)13-19-14-23-9-10-26-19/h3-6,11,19,23H,7-10,12-14H2,1-2H3. The predicted molar refractivity (Wildman–Crippen MR) is 102 cm³/mol. The van der Waals surface area contributed by atoms with Crippen molar-refractivity contribution in [2.45, 2.75) is 45.6 Å². The fourth-order valence-corrected chi connectivity index (χ4v) is 3.65. The molecule has 1 saturated heterocycles. The van der Waals surface area contributed by atoms with Crippen LogP contribution in [0.2, 0.25) is 0 Å². The number of nitrogens with one attached hydrogen (secondary N) is 1. The summed E-state index contributed by atoms with van der Waals surface area (Å²) < 4.78 is 5.72. The number of carbonyl (C=O) groups excluding carboxylic acids is 2. The summed E-state index contributed by atoms with van der Waals surface area (Å²) >= 11 is 0. The normalized spacial score (nSPS) is 20.9. The molecule has 1 atom stereocenters. The van der Waals surface area contributed by atoms with Gasteiger partial charge in [0.25, 0.3) is 0 Å². The minimum atomic E-state index is 0.0894. The third-order valence-electron chi connectivity index (χ3n) is 5.06. The highest BCUT2D eigenvalue weighted by Crippen LogP contribution is 2.24. The molecule has 0 amide bonds. The van der Waals surface area contributed by atoms with Gasteiger partial charge in [0.05, 0.1) is 12.7 Å². The number of ketones is 2. The van der Waals surface area contributed by atoms with E-state index < -0.39 is 0 Å². The number of benzene rings is 1. The third kappa shape index (κ3) is 4.77. The van der Waals surface area contributed by atoms with Crippen LogP contribution in [0.15, 0.2) is 47.1 Å². The number of ether oxygens (including phenoxy) is 1. The lowest BCUT2D eigenvalue weighted by Gasteiger charge is -2.23. The quantitative estimate of drug-likeness (QED) is 0.796. The van der Waals surface area contributed by atoms with Gasteiger partial charge in [-0.1, -0.05) is 35.9 Å². The van der Waals surface area contributed by atoms with Crippen LogP contribution in [0, 0.1) is 0 Å². The number of allylic oxidation sites excluding steroid dienone is 4. The zero-order chi connectivity index (χ0) is 18.5. The summed E-state index contributed by atoms with van der Waals surface area (Å²) in [5.74, 6) is 0.248. The lowest BCUT2D eigenvalue weighted by Crippen LogP contribution is -2.39. The van der Waals surface area contributed by atoms with Crippen molar-refractivity contribution in [3.05, 3.63) is 58.2 Å². The predicted octanol–water partition coefficient (Wildman–Crippen LogP) is 3.42. The van der Waals surface area contributed by atoms with Gasteiger partial charge in [0.2, 0.25) is 0 Å². The first-order valence-electron chi connectivity index (χ1n) is 9.37. The largest absolute Gasteiger partial charge is 0.375 e. The highest BCUT2D eigenvalue weighted by Gasteiger charge is 2.19. The monoisotopic (exact) mass is 353 g/mol. The Morgan fingerprint density at radius 2 is 2.00 bits per heavy atom. The number of rotatable bonds is 6. The maximum Gasteiger partial charge on any atom is 0.163 e. The first-order chi connectivity index (χ1) is 12.5. The molecule has 1 aliphatic carbocycles. The van der Waals surface area contributed by atoms with Crippen molar-refractivity contribution in [1.29, 1.82) is 0 Å². The van der Waals surface area contributed by atoms with E-state index in [1.54, 1.807) is 0 Å². The molecule has 0 radical (unpaired) electrons. The number of hydrogen-bond donors (Lipinski definition) is 1. The van der Waals surface area contributed by atoms with Crippen LogP contribution in [0.1, 0.15) is 49.0 Å². The molecule has 4 nitrogen and oxygen atoms in total. The molecular formula is C22H27NO3. The molecule has 0 bridgehead atoms. The molecule has 26 heavy (non-hydrogen) atoms. The van der Waals surface area contributed by atoms with E-state index in [-0.39, 0.29) is 17.7 Å². The lowest BCUT2D eigenvalue weighted by molar-refractivity contribution is -0.115. The van der Waals surface area contributed by atoms with Crippen molar-refractivity contribution >= 4 is 11.6 Å². The van der Waals surface area contributed by atoms with Crippen LogP contribution in [0.5, 0.6) is 0 Å². The molecule has 1 unspecified atom stereocenters. The fourth-order valence-electron chi connectivity index (χ4n) is 3.65. The summed E-state index contributed by atoms with van der Waals surface area (Å²) in [5.41, 5.74) is 4.79. The maximum absolute atomic E-state index is 12.5. The molecule has 1 aromatic rings. The lowest BCUT2D eigenvalue weighted by atomic mass is 9.89. The molecule has 4 heteroatoms. The smallest absolute Gasteiger partial charge is 0.163 e. The van der Waals surface area contributed by atoms with Gasteiger partial charge in [0, 0.05) is 31.5 Å². The summed E-state index contributed by atoms with van der Waals surface area (Å²) in [4.78, 5) is 24.7. The third-order valence-corrected chi connectivity index (χ3v) is 5.06. The fraction of sp³-hybridized carbons (Fsp3) is 0.455. The second kappa shape index (κ2) is 8.56. The average molecular weight is 353 g/mol. The van der Waals surface area contributed by atoms with Crippen molar-refractivity contribution in [1.82, 2.24) is 5.32 Å². The Kier molecular flexibility index (Phi) is 6.17. The minimum Gasteiger partial charge on any atom is -0.375 e. The van der Waals surface area contributed by atoms with Crippen molar-refractivity contribution in [3.8, 4) is 0 Å². The summed E-state index contributed by atoms with van der Waals surface area (Å²) in [7, 11) is 0. The van der Waals surface area contributed by atoms with E-state index >= 15 is 0 Å². The van der Waals surface area contributed by atoms with E-state index in [1.807, 2.05) is 38.1 Å². The van der Waals surface area contributed by atoms with Crippen LogP contribution in [-0.4, -0.2) is 37.4 Å². The Morgan fingerprint density at radius 1 is 1.23 bits per heavy atom. The van der Waals surface area contributed by atoms with E-state index in [0.717, 1.165) is 42.8 Å². The Morgan fingerprint density at radius 3 is 2.65 bits per heavy atom. The van der Waals surface area contributed by atoms with Crippen LogP contribution >= 0.6 is 0 Å². The van der Waals surface area contributed by atoms with Gasteiger partial charge in [0.15, 0.2) is 11.6 Å². The number of hydrogen-bond acceptors (Lipinski definition) is 4. The van der Waals surface area contributed by atoms with E-state index in [9.17, 15) is 9.59 Å². The molecule has 1 aliphatic heterocycles. The van der Waals surface area contributed by atoms with Gasteiger partial charge < -0.3 is 10.1 Å². The van der Waals surface area contributed by atoms with Crippen LogP contribution in [-0.2, 0) is 16.0 Å². The highest BCUT2D eigenvalue weighted by atomic mass is 16.5. The highest BCUT2D eigenvalue weighted by molar-refractivity contribution is 6.01. The van der Waals surface area contributed by atoms with Crippen molar-refractivity contribution in [3.63, 3.8) is 0 Å². The topological polar surface area (TPSA) is 55.4 Å². The number of Topliss-reactive ketones (excluding diaryl/α,β-unsaturated/α-hetero) is 2. The molecule has 0 aromatic heterocycles. The van der Waals surface area contributed by atoms with Gasteiger partial charge in [0.1, 0.15) is 0 Å². The zero-order valence-electron chi connectivity index (χ0n) is 15.6. The van der Waals surface area contributed by atoms with Gasteiger partial charge in [-0.3, -0.25) is 9.59 Å². The molecular weight excluding hydrogens is 326 g/mol. The maximum atomic E-state index is 12.5. The van der Waals surface area contributed by atoms with E-state index in [2.05, 4.69) is 11.4 Å².